The van der Waals surface area contributed by atoms with E-state index >= 15 is 0 Å². The van der Waals surface area contributed by atoms with E-state index in [0.717, 1.165) is 0 Å². The second kappa shape index (κ2) is 27.5. The molecule has 0 saturated heterocycles. The number of hydrogen-bond acceptors (Lipinski definition) is 1. The second-order valence-corrected chi connectivity index (χ2v) is 0. The Morgan fingerprint density at radius 3 is 1.00 bits per heavy atom. The summed E-state index contributed by atoms with van der Waals surface area (Å²) in [7, 11) is 0. The van der Waals surface area contributed by atoms with Crippen LogP contribution in [0.3, 0.4) is 0 Å². The van der Waals surface area contributed by atoms with E-state index < -0.39 is 0 Å². The zero-order valence-electron chi connectivity index (χ0n) is 1.93. The Hall–Kier alpha value is 1.31. The Labute approximate surface area is 53.8 Å². The third-order valence-corrected chi connectivity index (χ3v) is 0. The molecule has 1 N–H and O–H groups in total. The van der Waals surface area contributed by atoms with Crippen LogP contribution >= 0.6 is 0 Å². The molecule has 0 radical (unpaired) electrons. The van der Waals surface area contributed by atoms with Crippen LogP contribution in [0.1, 0.15) is 0 Å². The maximum atomic E-state index is 0. The molecule has 0 atom stereocenters. The van der Waals surface area contributed by atoms with E-state index in [0.29, 0.717) is 0 Å². The van der Waals surface area contributed by atoms with Gasteiger partial charge in [-0.2, -0.15) is 0 Å². The Morgan fingerprint density at radius 2 is 1.00 bits per heavy atom. The van der Waals surface area contributed by atoms with Gasteiger partial charge in [-0.15, -0.1) is 0 Å². The molecule has 0 aromatic heterocycles. The second-order valence-electron chi connectivity index (χ2n) is 0. The van der Waals surface area contributed by atoms with Gasteiger partial charge in [0.15, 0.2) is 0 Å². The van der Waals surface area contributed by atoms with Crippen molar-refractivity contribution in [2.75, 3.05) is 0 Å². The SMILES string of the molecule is [In+3].[O-2].[OH-].[SeH2]. The van der Waals surface area contributed by atoms with E-state index in [1.54, 1.807) is 0 Å². The Bertz CT molecular complexity index is 6.00. The van der Waals surface area contributed by atoms with Crippen LogP contribution in [0.15, 0.2) is 0 Å². The summed E-state index contributed by atoms with van der Waals surface area (Å²) >= 11 is 0. The van der Waals surface area contributed by atoms with E-state index in [-0.39, 0.29) is 53.9 Å². The van der Waals surface area contributed by atoms with Gasteiger partial charge in [0.2, 0.25) is 0 Å². The third-order valence-electron chi connectivity index (χ3n) is 0. The van der Waals surface area contributed by atoms with Crippen molar-refractivity contribution < 1.29 is 11.0 Å². The standard InChI is InChI=1S/In.H2O.O.H2Se/h;1H2;;1H2/q+3;;-2;/p-1. The summed E-state index contributed by atoms with van der Waals surface area (Å²) in [6.45, 7) is 0. The Kier molecular flexibility index (Phi) is 396. The van der Waals surface area contributed by atoms with Gasteiger partial charge in [-0.1, -0.05) is 0 Å². The van der Waals surface area contributed by atoms with Crippen LogP contribution in [0.25, 0.3) is 0 Å². The molecule has 0 aliphatic heterocycles. The molecule has 4 heavy (non-hydrogen) atoms. The van der Waals surface area contributed by atoms with Crippen molar-refractivity contribution in [3.8, 4) is 0 Å². The molecule has 0 bridgehead atoms. The molecule has 0 aliphatic carbocycles. The van der Waals surface area contributed by atoms with Crippen molar-refractivity contribution in [3.05, 3.63) is 0 Å². The monoisotopic (exact) mass is 230 g/mol. The van der Waals surface area contributed by atoms with Crippen LogP contribution in [0, 0.1) is 0 Å². The van der Waals surface area contributed by atoms with Crippen molar-refractivity contribution in [3.63, 3.8) is 0 Å². The molecular formula is H3InO2Se. The molecule has 0 aromatic rings. The van der Waals surface area contributed by atoms with Gasteiger partial charge in [-0.3, -0.25) is 0 Å². The van der Waals surface area contributed by atoms with Crippen molar-refractivity contribution >= 4 is 42.9 Å². The Morgan fingerprint density at radius 1 is 1.00 bits per heavy atom. The molecular weight excluding hydrogens is 226 g/mol. The predicted octanol–water partition coefficient (Wildman–Crippen LogP) is -1.59. The molecule has 0 fully saturated rings. The fourth-order valence-electron chi connectivity index (χ4n) is 0. The third kappa shape index (κ3) is 10.3. The molecule has 4 heteroatoms. The van der Waals surface area contributed by atoms with Gasteiger partial charge in [0.05, 0.1) is 0 Å². The minimum absolute atomic E-state index is 0. The maximum absolute atomic E-state index is 0. The van der Waals surface area contributed by atoms with Gasteiger partial charge in [-0.05, 0) is 0 Å². The van der Waals surface area contributed by atoms with Crippen LogP contribution < -0.4 is 0 Å². The van der Waals surface area contributed by atoms with Crippen molar-refractivity contribution in [1.29, 1.82) is 0 Å². The molecule has 2 nitrogen and oxygen atoms in total. The van der Waals surface area contributed by atoms with E-state index in [1.807, 2.05) is 0 Å². The molecule has 0 heterocycles. The van der Waals surface area contributed by atoms with Gasteiger partial charge in [-0.25, -0.2) is 0 Å². The summed E-state index contributed by atoms with van der Waals surface area (Å²) in [5, 5.41) is 0. The summed E-state index contributed by atoms with van der Waals surface area (Å²) < 4.78 is 0. The predicted molar refractivity (Wildman–Crippen MR) is 16.9 cm³/mol. The van der Waals surface area contributed by atoms with Crippen LogP contribution in [0.2, 0.25) is 0 Å². The van der Waals surface area contributed by atoms with E-state index in [4.69, 9.17) is 0 Å². The molecule has 24 valence electrons. The molecule has 0 unspecified atom stereocenters. The summed E-state index contributed by atoms with van der Waals surface area (Å²) in [5.74, 6) is 0. The summed E-state index contributed by atoms with van der Waals surface area (Å²) in [6.07, 6.45) is 0. The first-order chi connectivity index (χ1) is 0. The van der Waals surface area contributed by atoms with Gasteiger partial charge < -0.3 is 11.0 Å². The number of rotatable bonds is 0. The minimum atomic E-state index is 0. The van der Waals surface area contributed by atoms with Crippen LogP contribution in [-0.2, 0) is 5.48 Å². The van der Waals surface area contributed by atoms with Crippen molar-refractivity contribution in [1.82, 2.24) is 0 Å². The first kappa shape index (κ1) is 57.5. The van der Waals surface area contributed by atoms with Gasteiger partial charge in [0, 0.05) is 0 Å². The van der Waals surface area contributed by atoms with Gasteiger partial charge in [0.1, 0.15) is 0 Å². The zero-order valence-corrected chi connectivity index (χ0v) is 7.33. The first-order valence-corrected chi connectivity index (χ1v) is 0. The van der Waals surface area contributed by atoms with E-state index in [9.17, 15) is 0 Å². The van der Waals surface area contributed by atoms with Gasteiger partial charge >= 0.3 is 42.9 Å². The zero-order chi connectivity index (χ0) is 0. The number of hydrogen-bond donors (Lipinski definition) is 0. The Balaban J connectivity index is 0. The summed E-state index contributed by atoms with van der Waals surface area (Å²) in [4.78, 5) is 0. The van der Waals surface area contributed by atoms with E-state index in [1.165, 1.54) is 0 Å². The van der Waals surface area contributed by atoms with E-state index in [2.05, 4.69) is 0 Å². The van der Waals surface area contributed by atoms with Crippen LogP contribution in [0.4, 0.5) is 0 Å². The topological polar surface area (TPSA) is 58.5 Å². The van der Waals surface area contributed by atoms with Gasteiger partial charge in [0.25, 0.3) is 0 Å². The fraction of sp³-hybridized carbons (Fsp3) is 0. The molecule has 0 aromatic carbocycles. The fourth-order valence-corrected chi connectivity index (χ4v) is 0. The molecule has 0 saturated carbocycles. The molecule has 0 amide bonds. The van der Waals surface area contributed by atoms with Crippen molar-refractivity contribution in [2.45, 2.75) is 0 Å². The molecule has 0 spiro atoms. The van der Waals surface area contributed by atoms with Crippen LogP contribution in [-0.4, -0.2) is 48.4 Å². The summed E-state index contributed by atoms with van der Waals surface area (Å²) in [6, 6.07) is 0. The molecule has 0 rings (SSSR count). The average Bonchev–Trinajstić information content (AvgIpc) is 0. The molecule has 0 aliphatic rings. The van der Waals surface area contributed by atoms with Crippen molar-refractivity contribution in [2.24, 2.45) is 0 Å². The average molecular weight is 229 g/mol. The summed E-state index contributed by atoms with van der Waals surface area (Å²) in [5.41, 5.74) is 0. The normalized spacial score (nSPS) is 0. The van der Waals surface area contributed by atoms with Crippen LogP contribution in [0.5, 0.6) is 0 Å². The quantitative estimate of drug-likeness (QED) is 0.461. The first-order valence-electron chi connectivity index (χ1n) is 0.